The Morgan fingerprint density at radius 2 is 1.79 bits per heavy atom. The van der Waals surface area contributed by atoms with E-state index in [0.29, 0.717) is 33.2 Å². The average molecular weight is 361 g/mol. The number of hydrogen-bond acceptors (Lipinski definition) is 5. The SMILES string of the molecule is COc1ccccc1Nc1nccc(Nc2ccc(Cl)cc2Cl)n1. The second-order valence-corrected chi connectivity index (χ2v) is 5.68. The number of ether oxygens (including phenoxy) is 1. The van der Waals surface area contributed by atoms with Crippen molar-refractivity contribution in [3.63, 3.8) is 0 Å². The lowest BCUT2D eigenvalue weighted by molar-refractivity contribution is 0.417. The van der Waals surface area contributed by atoms with Gasteiger partial charge in [-0.05, 0) is 36.4 Å². The summed E-state index contributed by atoms with van der Waals surface area (Å²) in [6.07, 6.45) is 1.65. The first-order chi connectivity index (χ1) is 11.7. The zero-order chi connectivity index (χ0) is 16.9. The number of aromatic nitrogens is 2. The van der Waals surface area contributed by atoms with E-state index in [0.717, 1.165) is 5.69 Å². The summed E-state index contributed by atoms with van der Waals surface area (Å²) in [5, 5.41) is 7.36. The molecule has 7 heteroatoms. The Morgan fingerprint density at radius 1 is 0.958 bits per heavy atom. The summed E-state index contributed by atoms with van der Waals surface area (Å²) in [7, 11) is 1.61. The molecule has 3 aromatic rings. The summed E-state index contributed by atoms with van der Waals surface area (Å²) in [4.78, 5) is 8.64. The fourth-order valence-electron chi connectivity index (χ4n) is 2.09. The Balaban J connectivity index is 1.81. The van der Waals surface area contributed by atoms with Crippen LogP contribution in [-0.4, -0.2) is 17.1 Å². The van der Waals surface area contributed by atoms with Gasteiger partial charge in [0.2, 0.25) is 5.95 Å². The van der Waals surface area contributed by atoms with Gasteiger partial charge >= 0.3 is 0 Å². The number of benzene rings is 2. The molecule has 0 radical (unpaired) electrons. The summed E-state index contributed by atoms with van der Waals surface area (Å²) in [5.41, 5.74) is 1.49. The Hall–Kier alpha value is -2.50. The molecule has 0 bridgehead atoms. The van der Waals surface area contributed by atoms with Crippen molar-refractivity contribution < 1.29 is 4.74 Å². The molecule has 5 nitrogen and oxygen atoms in total. The fraction of sp³-hybridized carbons (Fsp3) is 0.0588. The second kappa shape index (κ2) is 7.38. The van der Waals surface area contributed by atoms with Crippen LogP contribution in [0.2, 0.25) is 10.0 Å². The molecule has 0 aliphatic rings. The molecular formula is C17H14Cl2N4O. The van der Waals surface area contributed by atoms with E-state index in [1.807, 2.05) is 24.3 Å². The molecule has 0 spiro atoms. The van der Waals surface area contributed by atoms with Crippen molar-refractivity contribution >= 4 is 46.3 Å². The van der Waals surface area contributed by atoms with E-state index in [4.69, 9.17) is 27.9 Å². The van der Waals surface area contributed by atoms with E-state index in [-0.39, 0.29) is 0 Å². The molecule has 0 saturated heterocycles. The molecule has 2 N–H and O–H groups in total. The summed E-state index contributed by atoms with van der Waals surface area (Å²) < 4.78 is 5.31. The van der Waals surface area contributed by atoms with E-state index in [1.54, 1.807) is 37.6 Å². The third-order valence-corrected chi connectivity index (χ3v) is 3.75. The summed E-state index contributed by atoms with van der Waals surface area (Å²) in [6, 6.07) is 14.5. The highest BCUT2D eigenvalue weighted by Crippen LogP contribution is 2.29. The minimum Gasteiger partial charge on any atom is -0.495 e. The standard InChI is InChI=1S/C17H14Cl2N4O/c1-24-15-5-3-2-4-14(15)22-17-20-9-8-16(23-17)21-13-7-6-11(18)10-12(13)19/h2-10H,1H3,(H2,20,21,22,23). The molecule has 3 rings (SSSR count). The maximum absolute atomic E-state index is 6.17. The lowest BCUT2D eigenvalue weighted by Crippen LogP contribution is -2.01. The summed E-state index contributed by atoms with van der Waals surface area (Å²) in [6.45, 7) is 0. The Labute approximate surface area is 149 Å². The number of methoxy groups -OCH3 is 1. The van der Waals surface area contributed by atoms with Gasteiger partial charge in [0.05, 0.1) is 23.5 Å². The molecule has 24 heavy (non-hydrogen) atoms. The number of nitrogens with zero attached hydrogens (tertiary/aromatic N) is 2. The van der Waals surface area contributed by atoms with Gasteiger partial charge in [0, 0.05) is 11.2 Å². The lowest BCUT2D eigenvalue weighted by Gasteiger charge is -2.11. The monoisotopic (exact) mass is 360 g/mol. The van der Waals surface area contributed by atoms with Crippen LogP contribution in [0.25, 0.3) is 0 Å². The molecule has 0 unspecified atom stereocenters. The van der Waals surface area contributed by atoms with Crippen molar-refractivity contribution in [2.24, 2.45) is 0 Å². The highest BCUT2D eigenvalue weighted by molar-refractivity contribution is 6.36. The predicted octanol–water partition coefficient (Wildman–Crippen LogP) is 5.28. The van der Waals surface area contributed by atoms with Gasteiger partial charge < -0.3 is 15.4 Å². The molecule has 1 aromatic heterocycles. The molecule has 0 aliphatic carbocycles. The largest absolute Gasteiger partial charge is 0.495 e. The van der Waals surface area contributed by atoms with Crippen molar-refractivity contribution in [3.8, 4) is 5.75 Å². The highest BCUT2D eigenvalue weighted by Gasteiger charge is 2.06. The Bertz CT molecular complexity index is 857. The van der Waals surface area contributed by atoms with Crippen molar-refractivity contribution in [2.75, 3.05) is 17.7 Å². The van der Waals surface area contributed by atoms with Gasteiger partial charge in [0.15, 0.2) is 0 Å². The average Bonchev–Trinajstić information content (AvgIpc) is 2.58. The lowest BCUT2D eigenvalue weighted by atomic mass is 10.3. The zero-order valence-corrected chi connectivity index (χ0v) is 14.3. The number of para-hydroxylation sites is 2. The highest BCUT2D eigenvalue weighted by atomic mass is 35.5. The molecule has 0 saturated carbocycles. The first kappa shape index (κ1) is 16.4. The molecule has 2 aromatic carbocycles. The Morgan fingerprint density at radius 3 is 2.58 bits per heavy atom. The second-order valence-electron chi connectivity index (χ2n) is 4.84. The van der Waals surface area contributed by atoms with Crippen LogP contribution in [-0.2, 0) is 0 Å². The van der Waals surface area contributed by atoms with Gasteiger partial charge in [-0.3, -0.25) is 0 Å². The predicted molar refractivity (Wildman–Crippen MR) is 98.1 cm³/mol. The molecule has 0 fully saturated rings. The summed E-state index contributed by atoms with van der Waals surface area (Å²) >= 11 is 12.1. The van der Waals surface area contributed by atoms with E-state index >= 15 is 0 Å². The van der Waals surface area contributed by atoms with E-state index in [1.165, 1.54) is 0 Å². The maximum Gasteiger partial charge on any atom is 0.229 e. The van der Waals surface area contributed by atoms with Crippen molar-refractivity contribution in [1.82, 2.24) is 9.97 Å². The number of nitrogens with one attached hydrogen (secondary N) is 2. The van der Waals surface area contributed by atoms with E-state index < -0.39 is 0 Å². The molecule has 0 amide bonds. The normalized spacial score (nSPS) is 10.3. The molecule has 122 valence electrons. The van der Waals surface area contributed by atoms with Crippen LogP contribution in [0.4, 0.5) is 23.1 Å². The van der Waals surface area contributed by atoms with Crippen molar-refractivity contribution in [1.29, 1.82) is 0 Å². The zero-order valence-electron chi connectivity index (χ0n) is 12.8. The van der Waals surface area contributed by atoms with Gasteiger partial charge in [-0.25, -0.2) is 4.98 Å². The third-order valence-electron chi connectivity index (χ3n) is 3.20. The van der Waals surface area contributed by atoms with E-state index in [9.17, 15) is 0 Å². The molecule has 0 atom stereocenters. The van der Waals surface area contributed by atoms with Gasteiger partial charge in [-0.15, -0.1) is 0 Å². The Kier molecular flexibility index (Phi) is 5.03. The minimum atomic E-state index is 0.439. The summed E-state index contributed by atoms with van der Waals surface area (Å²) in [5.74, 6) is 1.75. The number of hydrogen-bond donors (Lipinski definition) is 2. The van der Waals surface area contributed by atoms with Gasteiger partial charge in [0.1, 0.15) is 11.6 Å². The van der Waals surface area contributed by atoms with Crippen LogP contribution in [0.5, 0.6) is 5.75 Å². The third kappa shape index (κ3) is 3.88. The van der Waals surface area contributed by atoms with Gasteiger partial charge in [0.25, 0.3) is 0 Å². The number of anilines is 4. The minimum absolute atomic E-state index is 0.439. The van der Waals surface area contributed by atoms with Crippen LogP contribution in [0.15, 0.2) is 54.7 Å². The first-order valence-corrected chi connectivity index (χ1v) is 7.86. The quantitative estimate of drug-likeness (QED) is 0.648. The molecular weight excluding hydrogens is 347 g/mol. The number of rotatable bonds is 5. The van der Waals surface area contributed by atoms with Crippen LogP contribution in [0.1, 0.15) is 0 Å². The number of halogens is 2. The first-order valence-electron chi connectivity index (χ1n) is 7.11. The van der Waals surface area contributed by atoms with Gasteiger partial charge in [-0.1, -0.05) is 35.3 Å². The van der Waals surface area contributed by atoms with Crippen LogP contribution >= 0.6 is 23.2 Å². The van der Waals surface area contributed by atoms with E-state index in [2.05, 4.69) is 20.6 Å². The van der Waals surface area contributed by atoms with Crippen molar-refractivity contribution in [2.45, 2.75) is 0 Å². The molecule has 0 aliphatic heterocycles. The van der Waals surface area contributed by atoms with Crippen LogP contribution in [0.3, 0.4) is 0 Å². The van der Waals surface area contributed by atoms with Crippen LogP contribution < -0.4 is 15.4 Å². The topological polar surface area (TPSA) is 59.1 Å². The smallest absolute Gasteiger partial charge is 0.229 e. The van der Waals surface area contributed by atoms with Crippen molar-refractivity contribution in [3.05, 3.63) is 64.8 Å². The maximum atomic E-state index is 6.17. The van der Waals surface area contributed by atoms with Gasteiger partial charge in [-0.2, -0.15) is 4.98 Å². The van der Waals surface area contributed by atoms with Crippen LogP contribution in [0, 0.1) is 0 Å². The molecule has 1 heterocycles. The fourth-order valence-corrected chi connectivity index (χ4v) is 2.54.